The van der Waals surface area contributed by atoms with Gasteiger partial charge in [0.2, 0.25) is 11.8 Å². The number of nitrogens with zero attached hydrogens (tertiary/aromatic N) is 6. The van der Waals surface area contributed by atoms with Gasteiger partial charge in [-0.2, -0.15) is 5.10 Å². The van der Waals surface area contributed by atoms with E-state index in [0.717, 1.165) is 42.0 Å². The Labute approximate surface area is 188 Å². The van der Waals surface area contributed by atoms with E-state index >= 15 is 0 Å². The quantitative estimate of drug-likeness (QED) is 0.737. The fraction of sp³-hybridized carbons (Fsp3) is 0.522. The fourth-order valence-electron chi connectivity index (χ4n) is 4.18. The summed E-state index contributed by atoms with van der Waals surface area (Å²) in [5.41, 5.74) is 3.00. The second-order valence-electron chi connectivity index (χ2n) is 8.45. The van der Waals surface area contributed by atoms with Crippen LogP contribution < -0.4 is 10.2 Å². The van der Waals surface area contributed by atoms with Crippen molar-refractivity contribution in [1.82, 2.24) is 30.0 Å². The van der Waals surface area contributed by atoms with E-state index in [1.54, 1.807) is 10.9 Å². The van der Waals surface area contributed by atoms with Crippen LogP contribution in [0.1, 0.15) is 44.0 Å². The number of aryl methyl sites for hydroxylation is 1. The molecule has 0 aromatic carbocycles. The second kappa shape index (κ2) is 9.50. The third-order valence-corrected chi connectivity index (χ3v) is 6.28. The van der Waals surface area contributed by atoms with Crippen molar-refractivity contribution in [3.8, 4) is 5.82 Å². The average molecular weight is 438 g/mol. The van der Waals surface area contributed by atoms with Gasteiger partial charge in [0, 0.05) is 62.7 Å². The maximum atomic E-state index is 13.2. The smallest absolute Gasteiger partial charge is 0.249 e. The molecule has 0 radical (unpaired) electrons. The lowest BCUT2D eigenvalue weighted by molar-refractivity contribution is -0.128. The van der Waals surface area contributed by atoms with Gasteiger partial charge in [-0.15, -0.1) is 0 Å². The highest BCUT2D eigenvalue weighted by atomic mass is 16.2. The van der Waals surface area contributed by atoms with Crippen molar-refractivity contribution in [3.05, 3.63) is 41.0 Å². The Morgan fingerprint density at radius 3 is 2.50 bits per heavy atom. The number of amides is 2. The molecule has 0 spiro atoms. The molecule has 2 amide bonds. The summed E-state index contributed by atoms with van der Waals surface area (Å²) in [7, 11) is 0. The van der Waals surface area contributed by atoms with E-state index in [9.17, 15) is 9.59 Å². The van der Waals surface area contributed by atoms with Crippen LogP contribution in [0.15, 0.2) is 29.6 Å². The van der Waals surface area contributed by atoms with Crippen LogP contribution in [0.5, 0.6) is 0 Å². The molecule has 2 aliphatic rings. The molecule has 0 bridgehead atoms. The maximum absolute atomic E-state index is 13.2. The first-order valence-corrected chi connectivity index (χ1v) is 11.3. The molecule has 170 valence electrons. The summed E-state index contributed by atoms with van der Waals surface area (Å²) in [6.07, 6.45) is 7.07. The van der Waals surface area contributed by atoms with Crippen LogP contribution in [0, 0.1) is 13.8 Å². The lowest BCUT2D eigenvalue weighted by atomic mass is 9.88. The highest BCUT2D eigenvalue weighted by molar-refractivity contribution is 5.94. The Hall–Kier alpha value is -3.23. The van der Waals surface area contributed by atoms with Gasteiger partial charge in [0.05, 0.1) is 0 Å². The molecule has 0 atom stereocenters. The summed E-state index contributed by atoms with van der Waals surface area (Å²) in [6, 6.07) is 1.86. The number of hydrogen-bond acceptors (Lipinski definition) is 6. The van der Waals surface area contributed by atoms with Crippen molar-refractivity contribution in [3.63, 3.8) is 0 Å². The molecule has 2 aromatic rings. The Morgan fingerprint density at radius 2 is 1.81 bits per heavy atom. The number of anilines is 1. The van der Waals surface area contributed by atoms with Crippen LogP contribution in [0.2, 0.25) is 0 Å². The van der Waals surface area contributed by atoms with Crippen molar-refractivity contribution in [2.45, 2.75) is 46.5 Å². The van der Waals surface area contributed by atoms with Gasteiger partial charge in [-0.3, -0.25) is 9.59 Å². The minimum atomic E-state index is -0.0357. The molecule has 4 rings (SSSR count). The number of rotatable bonds is 3. The van der Waals surface area contributed by atoms with Crippen LogP contribution in [-0.4, -0.2) is 69.2 Å². The lowest BCUT2D eigenvalue weighted by Gasteiger charge is -2.32. The van der Waals surface area contributed by atoms with Gasteiger partial charge in [-0.1, -0.05) is 5.57 Å². The number of nitrogens with one attached hydrogen (secondary N) is 1. The summed E-state index contributed by atoms with van der Waals surface area (Å²) in [4.78, 5) is 38.7. The summed E-state index contributed by atoms with van der Waals surface area (Å²) in [5, 5.41) is 7.29. The molecule has 9 heteroatoms. The van der Waals surface area contributed by atoms with Crippen LogP contribution in [0.3, 0.4) is 0 Å². The van der Waals surface area contributed by atoms with Crippen LogP contribution >= 0.6 is 0 Å². The van der Waals surface area contributed by atoms with Gasteiger partial charge in [0.15, 0.2) is 5.82 Å². The SMILES string of the molecule is CC(C(=O)N1CCC(=O)NCCN(c2nc(C)nc(-n3cccn3)c2C)CC1)=C1CCC1. The first kappa shape index (κ1) is 22.0. The maximum Gasteiger partial charge on any atom is 0.249 e. The minimum absolute atomic E-state index is 0.0357. The Morgan fingerprint density at radius 1 is 1.03 bits per heavy atom. The summed E-state index contributed by atoms with van der Waals surface area (Å²) in [5.74, 6) is 2.19. The van der Waals surface area contributed by atoms with Gasteiger partial charge in [-0.25, -0.2) is 14.6 Å². The van der Waals surface area contributed by atoms with E-state index in [-0.39, 0.29) is 11.8 Å². The third kappa shape index (κ3) is 4.66. The van der Waals surface area contributed by atoms with Gasteiger partial charge >= 0.3 is 0 Å². The zero-order valence-corrected chi connectivity index (χ0v) is 19.1. The molecule has 1 aliphatic heterocycles. The molecule has 1 saturated heterocycles. The molecule has 3 heterocycles. The van der Waals surface area contributed by atoms with Crippen molar-refractivity contribution >= 4 is 17.6 Å². The standard InChI is InChI=1S/C23H31N7O2/c1-16(19-6-4-7-19)23(32)29-12-8-20(31)24-10-13-28(14-15-29)21-17(2)22(27-18(3)26-21)30-11-5-9-25-30/h5,9,11H,4,6-8,10,12-15H2,1-3H3,(H,24,31). The fourth-order valence-corrected chi connectivity index (χ4v) is 4.18. The molecule has 32 heavy (non-hydrogen) atoms. The van der Waals surface area contributed by atoms with Crippen LogP contribution in [0.4, 0.5) is 5.82 Å². The number of carbonyl (C=O) groups is 2. The number of aromatic nitrogens is 4. The van der Waals surface area contributed by atoms with Gasteiger partial charge in [0.1, 0.15) is 11.6 Å². The summed E-state index contributed by atoms with van der Waals surface area (Å²) < 4.78 is 1.74. The van der Waals surface area contributed by atoms with Gasteiger partial charge in [0.25, 0.3) is 0 Å². The predicted molar refractivity (Wildman–Crippen MR) is 122 cm³/mol. The van der Waals surface area contributed by atoms with E-state index in [1.807, 2.05) is 37.9 Å². The monoisotopic (exact) mass is 437 g/mol. The van der Waals surface area contributed by atoms with E-state index in [0.29, 0.717) is 45.0 Å². The normalized spacial score (nSPS) is 17.6. The van der Waals surface area contributed by atoms with Crippen molar-refractivity contribution < 1.29 is 9.59 Å². The second-order valence-corrected chi connectivity index (χ2v) is 8.45. The molecule has 2 aromatic heterocycles. The largest absolute Gasteiger partial charge is 0.354 e. The number of hydrogen-bond donors (Lipinski definition) is 1. The zero-order valence-electron chi connectivity index (χ0n) is 19.1. The average Bonchev–Trinajstić information content (AvgIpc) is 3.27. The highest BCUT2D eigenvalue weighted by Crippen LogP contribution is 2.29. The summed E-state index contributed by atoms with van der Waals surface area (Å²) in [6.45, 7) is 8.47. The van der Waals surface area contributed by atoms with Crippen LogP contribution in [-0.2, 0) is 9.59 Å². The first-order valence-electron chi connectivity index (χ1n) is 11.3. The topological polar surface area (TPSA) is 96.3 Å². The Balaban J connectivity index is 1.61. The van der Waals surface area contributed by atoms with Gasteiger partial charge in [-0.05, 0) is 46.1 Å². The molecular weight excluding hydrogens is 406 g/mol. The van der Waals surface area contributed by atoms with Crippen LogP contribution in [0.25, 0.3) is 5.82 Å². The summed E-state index contributed by atoms with van der Waals surface area (Å²) >= 11 is 0. The van der Waals surface area contributed by atoms with E-state index in [4.69, 9.17) is 4.98 Å². The number of carbonyl (C=O) groups excluding carboxylic acids is 2. The van der Waals surface area contributed by atoms with Crippen molar-refractivity contribution in [2.75, 3.05) is 37.6 Å². The molecule has 0 unspecified atom stereocenters. The van der Waals surface area contributed by atoms with Crippen molar-refractivity contribution in [2.24, 2.45) is 0 Å². The third-order valence-electron chi connectivity index (χ3n) is 6.28. The number of allylic oxidation sites excluding steroid dienone is 1. The molecule has 2 fully saturated rings. The minimum Gasteiger partial charge on any atom is -0.354 e. The van der Waals surface area contributed by atoms with Crippen molar-refractivity contribution in [1.29, 1.82) is 0 Å². The molecule has 9 nitrogen and oxygen atoms in total. The zero-order chi connectivity index (χ0) is 22.7. The lowest BCUT2D eigenvalue weighted by Crippen LogP contribution is -2.46. The molecule has 1 N–H and O–H groups in total. The van der Waals surface area contributed by atoms with E-state index in [2.05, 4.69) is 20.3 Å². The highest BCUT2D eigenvalue weighted by Gasteiger charge is 2.24. The van der Waals surface area contributed by atoms with E-state index < -0.39 is 0 Å². The van der Waals surface area contributed by atoms with E-state index in [1.165, 1.54) is 5.57 Å². The Bertz CT molecular complexity index is 1020. The van der Waals surface area contributed by atoms with Gasteiger partial charge < -0.3 is 15.1 Å². The molecule has 1 aliphatic carbocycles. The predicted octanol–water partition coefficient (Wildman–Crippen LogP) is 1.93. The molecule has 1 saturated carbocycles. The Kier molecular flexibility index (Phi) is 6.53. The first-order chi connectivity index (χ1) is 15.4. The molecular formula is C23H31N7O2.